The van der Waals surface area contributed by atoms with Crippen LogP contribution in [0.5, 0.6) is 0 Å². The molecular weight excluding hydrogens is 348 g/mol. The van der Waals surface area contributed by atoms with Gasteiger partial charge in [0.2, 0.25) is 5.91 Å². The maximum Gasteiger partial charge on any atom is 0.332 e. The molecule has 1 fully saturated rings. The van der Waals surface area contributed by atoms with E-state index in [-0.39, 0.29) is 18.5 Å². The van der Waals surface area contributed by atoms with Crippen molar-refractivity contribution >= 4 is 17.1 Å². The Morgan fingerprint density at radius 2 is 2.11 bits per heavy atom. The van der Waals surface area contributed by atoms with Crippen molar-refractivity contribution < 1.29 is 4.79 Å². The van der Waals surface area contributed by atoms with E-state index in [1.165, 1.54) is 10.9 Å². The molecule has 1 aliphatic heterocycles. The van der Waals surface area contributed by atoms with Crippen LogP contribution < -0.4 is 11.2 Å². The molecule has 1 aliphatic rings. The zero-order chi connectivity index (χ0) is 19.1. The van der Waals surface area contributed by atoms with E-state index in [4.69, 9.17) is 0 Å². The van der Waals surface area contributed by atoms with Crippen LogP contribution in [0.1, 0.15) is 24.4 Å². The van der Waals surface area contributed by atoms with E-state index in [0.29, 0.717) is 17.7 Å². The highest BCUT2D eigenvalue weighted by atomic mass is 16.2. The monoisotopic (exact) mass is 368 g/mol. The zero-order valence-corrected chi connectivity index (χ0v) is 15.2. The fourth-order valence-corrected chi connectivity index (χ4v) is 3.75. The van der Waals surface area contributed by atoms with Gasteiger partial charge < -0.3 is 9.47 Å². The maximum absolute atomic E-state index is 12.9. The van der Waals surface area contributed by atoms with Crippen LogP contribution in [0.15, 0.2) is 40.4 Å². The van der Waals surface area contributed by atoms with Gasteiger partial charge >= 0.3 is 5.69 Å². The molecule has 9 nitrogen and oxygen atoms in total. The fraction of sp³-hybridized carbons (Fsp3) is 0.389. The molecule has 0 N–H and O–H groups in total. The van der Waals surface area contributed by atoms with Crippen LogP contribution in [-0.4, -0.2) is 41.0 Å². The summed E-state index contributed by atoms with van der Waals surface area (Å²) < 4.78 is 3.85. The van der Waals surface area contributed by atoms with Crippen LogP contribution in [-0.2, 0) is 25.4 Å². The van der Waals surface area contributed by atoms with Gasteiger partial charge in [0.1, 0.15) is 6.54 Å². The van der Waals surface area contributed by atoms with Gasteiger partial charge in [-0.3, -0.25) is 19.1 Å². The molecule has 4 rings (SSSR count). The third kappa shape index (κ3) is 2.75. The van der Waals surface area contributed by atoms with Crippen molar-refractivity contribution in [2.45, 2.75) is 25.4 Å². The standard InChI is InChI=1S/C18H20N6O3/c1-21-11-20-16-15(21)17(26)24(18(27)22(16)2)10-14(25)23-8-4-6-13(23)12-5-3-7-19-9-12/h3,5,7,9,11,13H,4,6,8,10H2,1-2H3. The second kappa shape index (κ2) is 6.49. The summed E-state index contributed by atoms with van der Waals surface area (Å²) in [6, 6.07) is 3.70. The van der Waals surface area contributed by atoms with Gasteiger partial charge in [-0.05, 0) is 24.5 Å². The number of pyridine rings is 1. The van der Waals surface area contributed by atoms with E-state index in [1.807, 2.05) is 12.1 Å². The minimum atomic E-state index is -0.545. The minimum Gasteiger partial charge on any atom is -0.334 e. The first-order valence-electron chi connectivity index (χ1n) is 8.79. The van der Waals surface area contributed by atoms with Crippen molar-refractivity contribution in [3.05, 3.63) is 57.3 Å². The number of aromatic nitrogens is 5. The van der Waals surface area contributed by atoms with Gasteiger partial charge in [0, 0.05) is 33.0 Å². The van der Waals surface area contributed by atoms with Crippen LogP contribution in [0.4, 0.5) is 0 Å². The third-order valence-electron chi connectivity index (χ3n) is 5.14. The van der Waals surface area contributed by atoms with E-state index in [0.717, 1.165) is 23.0 Å². The Hall–Kier alpha value is -3.23. The van der Waals surface area contributed by atoms with E-state index < -0.39 is 11.2 Å². The number of carbonyl (C=O) groups is 1. The highest BCUT2D eigenvalue weighted by Crippen LogP contribution is 2.31. The molecule has 1 unspecified atom stereocenters. The van der Waals surface area contributed by atoms with Crippen molar-refractivity contribution in [3.63, 3.8) is 0 Å². The van der Waals surface area contributed by atoms with Crippen molar-refractivity contribution in [1.29, 1.82) is 0 Å². The van der Waals surface area contributed by atoms with Gasteiger partial charge in [-0.15, -0.1) is 0 Å². The number of imidazole rings is 1. The SMILES string of the molecule is Cn1cnc2c1c(=O)n(CC(=O)N1CCCC1c1cccnc1)c(=O)n2C. The average Bonchev–Trinajstić information content (AvgIpc) is 3.31. The van der Waals surface area contributed by atoms with Crippen molar-refractivity contribution in [2.75, 3.05) is 6.54 Å². The number of amides is 1. The molecule has 1 saturated heterocycles. The summed E-state index contributed by atoms with van der Waals surface area (Å²) in [4.78, 5) is 48.3. The molecule has 3 aromatic heterocycles. The Kier molecular flexibility index (Phi) is 4.14. The number of hydrogen-bond donors (Lipinski definition) is 0. The fourth-order valence-electron chi connectivity index (χ4n) is 3.75. The van der Waals surface area contributed by atoms with E-state index in [2.05, 4.69) is 9.97 Å². The summed E-state index contributed by atoms with van der Waals surface area (Å²) in [7, 11) is 3.23. The Morgan fingerprint density at radius 3 is 2.85 bits per heavy atom. The molecule has 0 spiro atoms. The van der Waals surface area contributed by atoms with E-state index in [1.54, 1.807) is 36.0 Å². The molecule has 140 valence electrons. The highest BCUT2D eigenvalue weighted by molar-refractivity contribution is 5.77. The Morgan fingerprint density at radius 1 is 1.30 bits per heavy atom. The summed E-state index contributed by atoms with van der Waals surface area (Å²) in [6.45, 7) is 0.310. The number of nitrogens with zero attached hydrogens (tertiary/aromatic N) is 6. The lowest BCUT2D eigenvalue weighted by molar-refractivity contribution is -0.132. The number of likely N-dealkylation sites (tertiary alicyclic amines) is 1. The molecule has 1 atom stereocenters. The molecule has 0 radical (unpaired) electrons. The molecule has 4 heterocycles. The van der Waals surface area contributed by atoms with Gasteiger partial charge in [0.25, 0.3) is 5.56 Å². The Balaban J connectivity index is 1.70. The van der Waals surface area contributed by atoms with Crippen LogP contribution in [0.25, 0.3) is 11.2 Å². The van der Waals surface area contributed by atoms with Crippen molar-refractivity contribution in [1.82, 2.24) is 28.6 Å². The second-order valence-corrected chi connectivity index (χ2v) is 6.79. The molecule has 0 aromatic carbocycles. The number of carbonyl (C=O) groups excluding carboxylic acids is 1. The van der Waals surface area contributed by atoms with Crippen LogP contribution in [0, 0.1) is 0 Å². The van der Waals surface area contributed by atoms with Gasteiger partial charge in [0.05, 0.1) is 12.4 Å². The van der Waals surface area contributed by atoms with Crippen LogP contribution in [0.3, 0.4) is 0 Å². The average molecular weight is 368 g/mol. The third-order valence-corrected chi connectivity index (χ3v) is 5.14. The van der Waals surface area contributed by atoms with Gasteiger partial charge in [-0.25, -0.2) is 14.3 Å². The summed E-state index contributed by atoms with van der Waals surface area (Å²) in [5, 5.41) is 0. The molecule has 1 amide bonds. The summed E-state index contributed by atoms with van der Waals surface area (Å²) in [6.07, 6.45) is 6.64. The highest BCUT2D eigenvalue weighted by Gasteiger charge is 2.31. The molecule has 27 heavy (non-hydrogen) atoms. The molecule has 0 saturated carbocycles. The summed E-state index contributed by atoms with van der Waals surface area (Å²) in [5.74, 6) is -0.248. The van der Waals surface area contributed by atoms with Crippen LogP contribution >= 0.6 is 0 Å². The van der Waals surface area contributed by atoms with Gasteiger partial charge in [-0.1, -0.05) is 6.07 Å². The molecule has 0 bridgehead atoms. The van der Waals surface area contributed by atoms with Crippen molar-refractivity contribution in [3.8, 4) is 0 Å². The normalized spacial score (nSPS) is 17.0. The van der Waals surface area contributed by atoms with Gasteiger partial charge in [-0.2, -0.15) is 0 Å². The lowest BCUT2D eigenvalue weighted by Crippen LogP contribution is -2.44. The topological polar surface area (TPSA) is 95.0 Å². The smallest absolute Gasteiger partial charge is 0.332 e. The maximum atomic E-state index is 12.9. The largest absolute Gasteiger partial charge is 0.334 e. The van der Waals surface area contributed by atoms with E-state index in [9.17, 15) is 14.4 Å². The first kappa shape index (κ1) is 17.2. The Bertz CT molecular complexity index is 1130. The number of fused-ring (bicyclic) bond motifs is 1. The quantitative estimate of drug-likeness (QED) is 0.658. The molecular formula is C18H20N6O3. The zero-order valence-electron chi connectivity index (χ0n) is 15.2. The van der Waals surface area contributed by atoms with Crippen molar-refractivity contribution in [2.24, 2.45) is 14.1 Å². The summed E-state index contributed by atoms with van der Waals surface area (Å²) >= 11 is 0. The minimum absolute atomic E-state index is 0.0776. The number of aryl methyl sites for hydroxylation is 2. The van der Waals surface area contributed by atoms with E-state index >= 15 is 0 Å². The lowest BCUT2D eigenvalue weighted by Gasteiger charge is -2.25. The van der Waals surface area contributed by atoms with Gasteiger partial charge in [0.15, 0.2) is 11.2 Å². The molecule has 3 aromatic rings. The summed E-state index contributed by atoms with van der Waals surface area (Å²) in [5.41, 5.74) is 0.529. The van der Waals surface area contributed by atoms with Crippen LogP contribution in [0.2, 0.25) is 0 Å². The number of hydrogen-bond acceptors (Lipinski definition) is 5. The first-order valence-corrected chi connectivity index (χ1v) is 8.79. The number of rotatable bonds is 3. The lowest BCUT2D eigenvalue weighted by atomic mass is 10.1. The Labute approximate surface area is 154 Å². The first-order chi connectivity index (χ1) is 13.0. The predicted octanol–water partition coefficient (Wildman–Crippen LogP) is 0.192. The second-order valence-electron chi connectivity index (χ2n) is 6.79. The molecule has 9 heteroatoms. The molecule has 0 aliphatic carbocycles. The predicted molar refractivity (Wildman–Crippen MR) is 98.1 cm³/mol.